The standard InChI is InChI=1S/C17H26N6O3.HI/c1-3-18-17(22-12-10-21(11-13-22)14(2)24)20-9-8-19-15-6-4-5-7-16(15)23(25)26;/h4-7,19H,3,8-13H2,1-2H3,(H,18,20);1H. The third kappa shape index (κ3) is 6.85. The third-order valence-corrected chi connectivity index (χ3v) is 4.15. The van der Waals surface area contributed by atoms with Crippen molar-refractivity contribution in [3.8, 4) is 0 Å². The molecule has 0 saturated carbocycles. The molecule has 2 N–H and O–H groups in total. The molecular weight excluding hydrogens is 463 g/mol. The van der Waals surface area contributed by atoms with Gasteiger partial charge < -0.3 is 20.4 Å². The molecule has 150 valence electrons. The smallest absolute Gasteiger partial charge is 0.292 e. The zero-order valence-corrected chi connectivity index (χ0v) is 18.0. The average molecular weight is 490 g/mol. The molecule has 0 atom stereocenters. The molecular formula is C17H27IN6O3. The van der Waals surface area contributed by atoms with Gasteiger partial charge in [-0.3, -0.25) is 19.9 Å². The third-order valence-electron chi connectivity index (χ3n) is 4.15. The lowest BCUT2D eigenvalue weighted by molar-refractivity contribution is -0.384. The average Bonchev–Trinajstić information content (AvgIpc) is 2.64. The molecule has 0 bridgehead atoms. The van der Waals surface area contributed by atoms with Crippen LogP contribution in [0.1, 0.15) is 13.8 Å². The molecule has 1 aromatic carbocycles. The molecule has 1 aliphatic heterocycles. The molecule has 1 saturated heterocycles. The number of nitro groups is 1. The van der Waals surface area contributed by atoms with E-state index in [-0.39, 0.29) is 35.6 Å². The molecule has 1 aliphatic rings. The molecule has 0 radical (unpaired) electrons. The van der Waals surface area contributed by atoms with Gasteiger partial charge in [0.25, 0.3) is 5.69 Å². The SMILES string of the molecule is CCNC(=NCCNc1ccccc1[N+](=O)[O-])N1CCN(C(C)=O)CC1.I. The number of carbonyl (C=O) groups excluding carboxylic acids is 1. The Morgan fingerprint density at radius 2 is 1.85 bits per heavy atom. The summed E-state index contributed by atoms with van der Waals surface area (Å²) in [6.07, 6.45) is 0. The van der Waals surface area contributed by atoms with Crippen LogP contribution in [0.25, 0.3) is 0 Å². The lowest BCUT2D eigenvalue weighted by atomic mass is 10.2. The number of piperazine rings is 1. The topological polar surface area (TPSA) is 103 Å². The van der Waals surface area contributed by atoms with Gasteiger partial charge in [0.2, 0.25) is 5.91 Å². The van der Waals surface area contributed by atoms with Crippen LogP contribution in [0.5, 0.6) is 0 Å². The monoisotopic (exact) mass is 490 g/mol. The number of nitro benzene ring substituents is 1. The van der Waals surface area contributed by atoms with E-state index < -0.39 is 4.92 Å². The Morgan fingerprint density at radius 1 is 1.22 bits per heavy atom. The molecule has 2 rings (SSSR count). The van der Waals surface area contributed by atoms with Gasteiger partial charge in [0.15, 0.2) is 5.96 Å². The predicted octanol–water partition coefficient (Wildman–Crippen LogP) is 1.75. The van der Waals surface area contributed by atoms with E-state index in [4.69, 9.17) is 0 Å². The van der Waals surface area contributed by atoms with E-state index in [1.807, 2.05) is 11.8 Å². The van der Waals surface area contributed by atoms with E-state index in [0.29, 0.717) is 31.9 Å². The number of nitrogens with zero attached hydrogens (tertiary/aromatic N) is 4. The van der Waals surface area contributed by atoms with E-state index in [9.17, 15) is 14.9 Å². The molecule has 1 aromatic rings. The van der Waals surface area contributed by atoms with Crippen LogP contribution in [-0.2, 0) is 4.79 Å². The number of amides is 1. The van der Waals surface area contributed by atoms with Crippen molar-refractivity contribution in [2.75, 3.05) is 51.1 Å². The number of benzene rings is 1. The van der Waals surface area contributed by atoms with E-state index >= 15 is 0 Å². The molecule has 1 amide bonds. The molecule has 10 heteroatoms. The number of nitrogens with one attached hydrogen (secondary N) is 2. The highest BCUT2D eigenvalue weighted by Crippen LogP contribution is 2.22. The molecule has 1 heterocycles. The number of guanidine groups is 1. The summed E-state index contributed by atoms with van der Waals surface area (Å²) in [7, 11) is 0. The summed E-state index contributed by atoms with van der Waals surface area (Å²) in [6.45, 7) is 8.18. The summed E-state index contributed by atoms with van der Waals surface area (Å²) in [5, 5.41) is 17.4. The van der Waals surface area contributed by atoms with Crippen molar-refractivity contribution >= 4 is 47.2 Å². The minimum absolute atomic E-state index is 0. The number of aliphatic imine (C=N–C) groups is 1. The Morgan fingerprint density at radius 3 is 2.44 bits per heavy atom. The molecule has 9 nitrogen and oxygen atoms in total. The van der Waals surface area contributed by atoms with Gasteiger partial charge in [-0.2, -0.15) is 0 Å². The van der Waals surface area contributed by atoms with E-state index in [0.717, 1.165) is 25.6 Å². The maximum Gasteiger partial charge on any atom is 0.292 e. The summed E-state index contributed by atoms with van der Waals surface area (Å²) in [6, 6.07) is 6.57. The van der Waals surface area contributed by atoms with Gasteiger partial charge in [0.1, 0.15) is 5.69 Å². The molecule has 1 fully saturated rings. The van der Waals surface area contributed by atoms with Crippen LogP contribution in [-0.4, -0.2) is 72.4 Å². The number of carbonyl (C=O) groups is 1. The van der Waals surface area contributed by atoms with Crippen LogP contribution in [0.15, 0.2) is 29.3 Å². The Kier molecular flexibility index (Phi) is 9.83. The lowest BCUT2D eigenvalue weighted by Gasteiger charge is -2.36. The minimum Gasteiger partial charge on any atom is -0.378 e. The first kappa shape index (κ1) is 22.9. The highest BCUT2D eigenvalue weighted by molar-refractivity contribution is 14.0. The van der Waals surface area contributed by atoms with Crippen molar-refractivity contribution in [2.45, 2.75) is 13.8 Å². The number of hydrogen-bond donors (Lipinski definition) is 2. The van der Waals surface area contributed by atoms with Crippen molar-refractivity contribution in [3.05, 3.63) is 34.4 Å². The van der Waals surface area contributed by atoms with E-state index in [1.54, 1.807) is 25.1 Å². The zero-order valence-electron chi connectivity index (χ0n) is 15.7. The van der Waals surface area contributed by atoms with Crippen LogP contribution < -0.4 is 10.6 Å². The number of para-hydroxylation sites is 2. The van der Waals surface area contributed by atoms with Crippen molar-refractivity contribution in [1.82, 2.24) is 15.1 Å². The summed E-state index contributed by atoms with van der Waals surface area (Å²) < 4.78 is 0. The first-order valence-corrected chi connectivity index (χ1v) is 8.79. The highest BCUT2D eigenvalue weighted by atomic mass is 127. The van der Waals surface area contributed by atoms with E-state index in [1.165, 1.54) is 6.07 Å². The van der Waals surface area contributed by atoms with Crippen LogP contribution in [0.2, 0.25) is 0 Å². The maximum absolute atomic E-state index is 11.4. The zero-order chi connectivity index (χ0) is 18.9. The first-order chi connectivity index (χ1) is 12.5. The van der Waals surface area contributed by atoms with Crippen LogP contribution in [0, 0.1) is 10.1 Å². The van der Waals surface area contributed by atoms with Gasteiger partial charge in [-0.25, -0.2) is 0 Å². The van der Waals surface area contributed by atoms with Crippen LogP contribution in [0.4, 0.5) is 11.4 Å². The Hall–Kier alpha value is -2.11. The second kappa shape index (κ2) is 11.6. The second-order valence-corrected chi connectivity index (χ2v) is 5.93. The van der Waals surface area contributed by atoms with Gasteiger partial charge in [0, 0.05) is 52.3 Å². The van der Waals surface area contributed by atoms with Crippen molar-refractivity contribution in [2.24, 2.45) is 4.99 Å². The van der Waals surface area contributed by atoms with Gasteiger partial charge >= 0.3 is 0 Å². The molecule has 0 aliphatic carbocycles. The van der Waals surface area contributed by atoms with Crippen molar-refractivity contribution < 1.29 is 9.72 Å². The molecule has 0 unspecified atom stereocenters. The fourth-order valence-corrected chi connectivity index (χ4v) is 2.79. The van der Waals surface area contributed by atoms with Gasteiger partial charge in [-0.1, -0.05) is 12.1 Å². The summed E-state index contributed by atoms with van der Waals surface area (Å²) in [4.78, 5) is 30.6. The van der Waals surface area contributed by atoms with Gasteiger partial charge in [-0.15, -0.1) is 24.0 Å². The molecule has 0 spiro atoms. The van der Waals surface area contributed by atoms with Gasteiger partial charge in [-0.05, 0) is 13.0 Å². The van der Waals surface area contributed by atoms with E-state index in [2.05, 4.69) is 20.5 Å². The Bertz CT molecular complexity index is 662. The molecule has 27 heavy (non-hydrogen) atoms. The normalized spacial score (nSPS) is 14.4. The number of halogens is 1. The first-order valence-electron chi connectivity index (χ1n) is 8.79. The van der Waals surface area contributed by atoms with Gasteiger partial charge in [0.05, 0.1) is 11.5 Å². The van der Waals surface area contributed by atoms with Crippen molar-refractivity contribution in [1.29, 1.82) is 0 Å². The molecule has 0 aromatic heterocycles. The highest BCUT2D eigenvalue weighted by Gasteiger charge is 2.20. The summed E-state index contributed by atoms with van der Waals surface area (Å²) >= 11 is 0. The lowest BCUT2D eigenvalue weighted by Crippen LogP contribution is -2.53. The van der Waals surface area contributed by atoms with Crippen LogP contribution >= 0.6 is 24.0 Å². The Balaban J connectivity index is 0.00000364. The Labute approximate surface area is 176 Å². The minimum atomic E-state index is -0.399. The maximum atomic E-state index is 11.4. The fraction of sp³-hybridized carbons (Fsp3) is 0.529. The quantitative estimate of drug-likeness (QED) is 0.157. The summed E-state index contributed by atoms with van der Waals surface area (Å²) in [5.41, 5.74) is 0.552. The van der Waals surface area contributed by atoms with Crippen molar-refractivity contribution in [3.63, 3.8) is 0 Å². The van der Waals surface area contributed by atoms with Crippen LogP contribution in [0.3, 0.4) is 0 Å². The number of rotatable bonds is 6. The second-order valence-electron chi connectivity index (χ2n) is 5.93. The summed E-state index contributed by atoms with van der Waals surface area (Å²) in [5.74, 6) is 0.903. The number of hydrogen-bond acceptors (Lipinski definition) is 5. The predicted molar refractivity (Wildman–Crippen MR) is 117 cm³/mol. The fourth-order valence-electron chi connectivity index (χ4n) is 2.79. The largest absolute Gasteiger partial charge is 0.378 e. The number of anilines is 1.